The van der Waals surface area contributed by atoms with Crippen molar-refractivity contribution in [2.24, 2.45) is 5.92 Å². The molecule has 2 heterocycles. The summed E-state index contributed by atoms with van der Waals surface area (Å²) in [6.07, 6.45) is 2.06. The van der Waals surface area contributed by atoms with Gasteiger partial charge in [0.25, 0.3) is 0 Å². The summed E-state index contributed by atoms with van der Waals surface area (Å²) in [7, 11) is 0. The molecule has 0 aliphatic carbocycles. The van der Waals surface area contributed by atoms with Crippen LogP contribution in [0, 0.1) is 5.92 Å². The summed E-state index contributed by atoms with van der Waals surface area (Å²) in [5.41, 5.74) is 0.777. The van der Waals surface area contributed by atoms with Gasteiger partial charge in [0.2, 0.25) is 11.8 Å². The maximum Gasteiger partial charge on any atom is 0.229 e. The summed E-state index contributed by atoms with van der Waals surface area (Å²) >= 11 is 0. The maximum atomic E-state index is 12.3. The lowest BCUT2D eigenvalue weighted by molar-refractivity contribution is -0.131. The van der Waals surface area contributed by atoms with Gasteiger partial charge in [0.1, 0.15) is 0 Å². The lowest BCUT2D eigenvalue weighted by Gasteiger charge is -2.31. The van der Waals surface area contributed by atoms with Gasteiger partial charge in [-0.15, -0.1) is 0 Å². The van der Waals surface area contributed by atoms with E-state index in [1.54, 1.807) is 0 Å². The second kappa shape index (κ2) is 6.26. The van der Waals surface area contributed by atoms with Crippen LogP contribution in [0.5, 0.6) is 0 Å². The van der Waals surface area contributed by atoms with Gasteiger partial charge in [-0.25, -0.2) is 0 Å². The zero-order chi connectivity index (χ0) is 14.7. The highest BCUT2D eigenvalue weighted by Crippen LogP contribution is 2.25. The van der Waals surface area contributed by atoms with Crippen LogP contribution in [0.4, 0.5) is 5.69 Å². The lowest BCUT2D eigenvalue weighted by atomic mass is 10.1. The van der Waals surface area contributed by atoms with E-state index < -0.39 is 0 Å². The van der Waals surface area contributed by atoms with Crippen LogP contribution >= 0.6 is 0 Å². The Hall–Kier alpha value is -1.88. The summed E-state index contributed by atoms with van der Waals surface area (Å²) < 4.78 is 5.33. The van der Waals surface area contributed by atoms with Crippen LogP contribution in [0.3, 0.4) is 0 Å². The summed E-state index contributed by atoms with van der Waals surface area (Å²) in [5, 5.41) is 2.89. The Kier molecular flexibility index (Phi) is 4.20. The summed E-state index contributed by atoms with van der Waals surface area (Å²) in [4.78, 5) is 26.3. The normalized spacial score (nSPS) is 23.3. The molecule has 112 valence electrons. The van der Waals surface area contributed by atoms with Crippen molar-refractivity contribution in [2.75, 3.05) is 25.1 Å². The van der Waals surface area contributed by atoms with Crippen molar-refractivity contribution >= 4 is 17.5 Å². The Balaban J connectivity index is 1.60. The van der Waals surface area contributed by atoms with Gasteiger partial charge in [-0.1, -0.05) is 18.2 Å². The highest BCUT2D eigenvalue weighted by molar-refractivity contribution is 5.97. The van der Waals surface area contributed by atoms with Gasteiger partial charge in [-0.05, 0) is 25.0 Å². The van der Waals surface area contributed by atoms with E-state index in [4.69, 9.17) is 4.74 Å². The molecule has 2 aliphatic rings. The van der Waals surface area contributed by atoms with E-state index >= 15 is 0 Å². The number of anilines is 1. The highest BCUT2D eigenvalue weighted by atomic mass is 16.5. The van der Waals surface area contributed by atoms with Crippen molar-refractivity contribution in [3.05, 3.63) is 30.3 Å². The molecule has 1 atom stereocenters. The van der Waals surface area contributed by atoms with Gasteiger partial charge in [0.15, 0.2) is 0 Å². The molecule has 2 fully saturated rings. The van der Waals surface area contributed by atoms with Gasteiger partial charge in [-0.2, -0.15) is 0 Å². The Morgan fingerprint density at radius 1 is 1.19 bits per heavy atom. The number of para-hydroxylation sites is 1. The smallest absolute Gasteiger partial charge is 0.229 e. The van der Waals surface area contributed by atoms with Crippen LogP contribution in [0.15, 0.2) is 30.3 Å². The summed E-state index contributed by atoms with van der Waals surface area (Å²) in [6.45, 7) is 1.94. The third kappa shape index (κ3) is 3.24. The molecule has 2 aliphatic heterocycles. The first kappa shape index (κ1) is 14.1. The summed E-state index contributed by atoms with van der Waals surface area (Å²) in [6, 6.07) is 9.60. The molecule has 1 unspecified atom stereocenters. The number of carbonyl (C=O) groups excluding carboxylic acids is 2. The monoisotopic (exact) mass is 288 g/mol. The quantitative estimate of drug-likeness (QED) is 0.920. The van der Waals surface area contributed by atoms with Crippen LogP contribution < -0.4 is 5.32 Å². The van der Waals surface area contributed by atoms with Crippen molar-refractivity contribution in [3.63, 3.8) is 0 Å². The Labute approximate surface area is 124 Å². The van der Waals surface area contributed by atoms with E-state index in [9.17, 15) is 9.59 Å². The second-order valence-corrected chi connectivity index (χ2v) is 5.65. The molecule has 0 spiro atoms. The number of hydrogen-bond acceptors (Lipinski definition) is 3. The molecule has 0 aromatic heterocycles. The third-order valence-corrected chi connectivity index (χ3v) is 4.20. The molecule has 5 nitrogen and oxygen atoms in total. The molecule has 2 amide bonds. The maximum absolute atomic E-state index is 12.3. The largest absolute Gasteiger partial charge is 0.381 e. The Bertz CT molecular complexity index is 512. The third-order valence-electron chi connectivity index (χ3n) is 4.20. The van der Waals surface area contributed by atoms with E-state index in [1.165, 1.54) is 0 Å². The van der Waals surface area contributed by atoms with E-state index in [-0.39, 0.29) is 23.8 Å². The molecule has 1 aromatic carbocycles. The van der Waals surface area contributed by atoms with E-state index in [0.717, 1.165) is 18.5 Å². The predicted octanol–water partition coefficient (Wildman–Crippen LogP) is 1.65. The molecule has 0 saturated carbocycles. The number of nitrogens with one attached hydrogen (secondary N) is 1. The summed E-state index contributed by atoms with van der Waals surface area (Å²) in [5.74, 6) is -0.222. The lowest BCUT2D eigenvalue weighted by Crippen LogP contribution is -2.41. The van der Waals surface area contributed by atoms with E-state index in [0.29, 0.717) is 26.2 Å². The molecule has 5 heteroatoms. The molecule has 2 saturated heterocycles. The molecule has 0 radical (unpaired) electrons. The SMILES string of the molecule is O=C(Nc1ccccc1)C1CC(=O)N(C2CCOCC2)C1. The number of hydrogen-bond donors (Lipinski definition) is 1. The first-order valence-electron chi connectivity index (χ1n) is 7.47. The van der Waals surface area contributed by atoms with Gasteiger partial charge >= 0.3 is 0 Å². The molecule has 1 aromatic rings. The number of amides is 2. The number of nitrogens with zero attached hydrogens (tertiary/aromatic N) is 1. The van der Waals surface area contributed by atoms with Crippen LogP contribution in [0.2, 0.25) is 0 Å². The highest BCUT2D eigenvalue weighted by Gasteiger charge is 2.38. The zero-order valence-corrected chi connectivity index (χ0v) is 12.0. The van der Waals surface area contributed by atoms with Crippen molar-refractivity contribution in [3.8, 4) is 0 Å². The minimum Gasteiger partial charge on any atom is -0.381 e. The average molecular weight is 288 g/mol. The van der Waals surface area contributed by atoms with Crippen LogP contribution in [-0.2, 0) is 14.3 Å². The number of rotatable bonds is 3. The number of carbonyl (C=O) groups is 2. The fraction of sp³-hybridized carbons (Fsp3) is 0.500. The molecule has 0 bridgehead atoms. The fourth-order valence-electron chi connectivity index (χ4n) is 3.02. The average Bonchev–Trinajstić information content (AvgIpc) is 2.91. The molecular weight excluding hydrogens is 268 g/mol. The van der Waals surface area contributed by atoms with Crippen LogP contribution in [0.25, 0.3) is 0 Å². The molecule has 1 N–H and O–H groups in total. The Morgan fingerprint density at radius 3 is 2.62 bits per heavy atom. The van der Waals surface area contributed by atoms with Crippen LogP contribution in [-0.4, -0.2) is 42.5 Å². The van der Waals surface area contributed by atoms with Crippen LogP contribution in [0.1, 0.15) is 19.3 Å². The minimum atomic E-state index is -0.249. The number of likely N-dealkylation sites (tertiary alicyclic amines) is 1. The molecule has 21 heavy (non-hydrogen) atoms. The van der Waals surface area contributed by atoms with Gasteiger partial charge in [0.05, 0.1) is 5.92 Å². The minimum absolute atomic E-state index is 0.0656. The van der Waals surface area contributed by atoms with Crippen molar-refractivity contribution in [1.29, 1.82) is 0 Å². The topological polar surface area (TPSA) is 58.6 Å². The first-order chi connectivity index (χ1) is 10.2. The molecular formula is C16H20N2O3. The van der Waals surface area contributed by atoms with Gasteiger partial charge in [0, 0.05) is 37.9 Å². The molecule has 3 rings (SSSR count). The number of ether oxygens (including phenoxy) is 1. The predicted molar refractivity (Wildman–Crippen MR) is 78.7 cm³/mol. The number of benzene rings is 1. The second-order valence-electron chi connectivity index (χ2n) is 5.65. The zero-order valence-electron chi connectivity index (χ0n) is 12.0. The first-order valence-corrected chi connectivity index (χ1v) is 7.47. The van der Waals surface area contributed by atoms with Gasteiger partial charge in [-0.3, -0.25) is 9.59 Å². The van der Waals surface area contributed by atoms with Crippen molar-refractivity contribution in [2.45, 2.75) is 25.3 Å². The standard InChI is InChI=1S/C16H20N2O3/c19-15-10-12(11-18(15)14-6-8-21-9-7-14)16(20)17-13-4-2-1-3-5-13/h1-5,12,14H,6-11H2,(H,17,20). The van der Waals surface area contributed by atoms with Crippen molar-refractivity contribution in [1.82, 2.24) is 4.90 Å². The van der Waals surface area contributed by atoms with E-state index in [1.807, 2.05) is 35.2 Å². The van der Waals surface area contributed by atoms with Crippen molar-refractivity contribution < 1.29 is 14.3 Å². The fourth-order valence-corrected chi connectivity index (χ4v) is 3.02. The Morgan fingerprint density at radius 2 is 1.90 bits per heavy atom. The van der Waals surface area contributed by atoms with E-state index in [2.05, 4.69) is 5.32 Å². The van der Waals surface area contributed by atoms with Gasteiger partial charge < -0.3 is 15.0 Å².